The van der Waals surface area contributed by atoms with Crippen LogP contribution in [0, 0.1) is 5.92 Å². The van der Waals surface area contributed by atoms with Crippen LogP contribution in [-0.4, -0.2) is 3.71 Å². The van der Waals surface area contributed by atoms with Crippen molar-refractivity contribution in [2.75, 3.05) is 0 Å². The van der Waals surface area contributed by atoms with Crippen LogP contribution in [0.1, 0.15) is 115 Å². The van der Waals surface area contributed by atoms with Crippen molar-refractivity contribution >= 4 is 12.6 Å². The largest absolute Gasteiger partial charge is 1.00 e. The summed E-state index contributed by atoms with van der Waals surface area (Å²) in [6, 6.07) is 32.8. The van der Waals surface area contributed by atoms with E-state index < -0.39 is 21.3 Å². The van der Waals surface area contributed by atoms with E-state index in [1.54, 1.807) is 17.7 Å². The van der Waals surface area contributed by atoms with Crippen molar-refractivity contribution in [2.45, 2.75) is 98.8 Å². The molecule has 0 nitrogen and oxygen atoms in total. The first-order chi connectivity index (χ1) is 21.5. The summed E-state index contributed by atoms with van der Waals surface area (Å²) >= 11 is -2.71. The van der Waals surface area contributed by atoms with Gasteiger partial charge in [0.2, 0.25) is 0 Å². The van der Waals surface area contributed by atoms with E-state index in [-0.39, 0.29) is 41.1 Å². The van der Waals surface area contributed by atoms with Gasteiger partial charge in [-0.15, -0.1) is 0 Å². The molecule has 3 heteroatoms. The van der Waals surface area contributed by atoms with Crippen molar-refractivity contribution in [2.24, 2.45) is 5.92 Å². The fraction of sp³-hybridized carbons (Fsp3) is 0.356. The van der Waals surface area contributed by atoms with Gasteiger partial charge in [-0.2, -0.15) is 0 Å². The summed E-state index contributed by atoms with van der Waals surface area (Å²) in [5.41, 5.74) is 16.4. The predicted octanol–water partition coefficient (Wildman–Crippen LogP) is 5.26. The first-order valence-corrected chi connectivity index (χ1v) is 21.0. The van der Waals surface area contributed by atoms with Crippen molar-refractivity contribution in [3.05, 3.63) is 139 Å². The van der Waals surface area contributed by atoms with Gasteiger partial charge in [0.05, 0.1) is 0 Å². The molecule has 0 radical (unpaired) electrons. The minimum Gasteiger partial charge on any atom is -1.00 e. The maximum absolute atomic E-state index is 2.78. The van der Waals surface area contributed by atoms with Gasteiger partial charge in [0.25, 0.3) is 0 Å². The molecule has 0 saturated carbocycles. The van der Waals surface area contributed by atoms with E-state index in [1.807, 2.05) is 0 Å². The van der Waals surface area contributed by atoms with E-state index in [2.05, 4.69) is 171 Å². The van der Waals surface area contributed by atoms with E-state index in [0.717, 1.165) is 6.42 Å². The molecule has 48 heavy (non-hydrogen) atoms. The molecule has 1 atom stereocenters. The predicted molar refractivity (Wildman–Crippen MR) is 198 cm³/mol. The van der Waals surface area contributed by atoms with Crippen LogP contribution in [0.3, 0.4) is 0 Å². The first kappa shape index (κ1) is 38.5. The number of fused-ring (bicyclic) bond motifs is 3. The monoisotopic (exact) mass is 752 g/mol. The van der Waals surface area contributed by atoms with E-state index in [1.165, 1.54) is 50.1 Å². The van der Waals surface area contributed by atoms with Crippen LogP contribution in [0.15, 0.2) is 99.9 Å². The zero-order valence-electron chi connectivity index (χ0n) is 30.8. The molecule has 0 aliphatic heterocycles. The summed E-state index contributed by atoms with van der Waals surface area (Å²) in [6.07, 6.45) is 3.59. The van der Waals surface area contributed by atoms with Gasteiger partial charge in [-0.25, -0.2) is 0 Å². The second-order valence-electron chi connectivity index (χ2n) is 16.8. The average molecular weight is 755 g/mol. The molecule has 2 aliphatic rings. The number of benzene rings is 4. The van der Waals surface area contributed by atoms with Gasteiger partial charge < -0.3 is 24.8 Å². The van der Waals surface area contributed by atoms with E-state index in [9.17, 15) is 0 Å². The van der Waals surface area contributed by atoms with E-state index >= 15 is 0 Å². The maximum atomic E-state index is 2.78. The molecule has 0 saturated heterocycles. The second-order valence-corrected chi connectivity index (χ2v) is 22.1. The Kier molecular flexibility index (Phi) is 11.3. The molecule has 4 aromatic rings. The maximum Gasteiger partial charge on any atom is -1.00 e. The SMILES string of the molecule is CC1=[C](/[Zr+2](=[CH]/c2ccc(C(C)(C)C)cc2)[c]2c(C(C)(C)C)ccc3c2Cc2cc(C(C)(C)C)ccc2-3)C(C)C=C1c1ccccc1.[Cl-].[Cl-]. The molecule has 0 fully saturated rings. The third-order valence-corrected chi connectivity index (χ3v) is 17.9. The summed E-state index contributed by atoms with van der Waals surface area (Å²) in [4.78, 5) is 0. The van der Waals surface area contributed by atoms with Crippen molar-refractivity contribution in [1.29, 1.82) is 0 Å². The molecule has 0 spiro atoms. The van der Waals surface area contributed by atoms with Crippen LogP contribution in [-0.2, 0) is 43.9 Å². The molecule has 0 heterocycles. The molecular formula is C45H52Cl2Zr. The fourth-order valence-corrected chi connectivity index (χ4v) is 16.1. The van der Waals surface area contributed by atoms with Gasteiger partial charge in [-0.1, -0.05) is 0 Å². The molecule has 2 aliphatic carbocycles. The standard InChI is InChI=1S/C21H25.C13H13.C11H14.2ClH.Zr/c1-20(2,3)16-7-9-18-14(12-16)11-15-13-17(21(4,5)6)8-10-19(15)18;1-10-8-11(2)13(9-10)12-6-4-3-5-7-12;1-9-5-7-10(8-6-9)11(2,3)4;;;/h7-10,12H,11H2,1-6H3;3-7,9-10H,1-2H3;1,5-8H,2-4H3;2*1H;/q;;;;;+2/p-2. The summed E-state index contributed by atoms with van der Waals surface area (Å²) < 4.78 is 6.22. The van der Waals surface area contributed by atoms with Crippen LogP contribution in [0.4, 0.5) is 0 Å². The molecule has 6 rings (SSSR count). The molecule has 1 unspecified atom stereocenters. The zero-order valence-corrected chi connectivity index (χ0v) is 34.7. The van der Waals surface area contributed by atoms with Crippen LogP contribution in [0.25, 0.3) is 16.7 Å². The average Bonchev–Trinajstić information content (AvgIpc) is 3.50. The summed E-state index contributed by atoms with van der Waals surface area (Å²) in [5, 5.41) is 0. The van der Waals surface area contributed by atoms with Gasteiger partial charge in [-0.05, 0) is 0 Å². The molecular weight excluding hydrogens is 703 g/mol. The van der Waals surface area contributed by atoms with Gasteiger partial charge in [-0.3, -0.25) is 0 Å². The summed E-state index contributed by atoms with van der Waals surface area (Å²) in [5.74, 6) is 0.426. The van der Waals surface area contributed by atoms with Gasteiger partial charge >= 0.3 is 288 Å². The quantitative estimate of drug-likeness (QED) is 0.235. The van der Waals surface area contributed by atoms with Crippen LogP contribution in [0.2, 0.25) is 0 Å². The Morgan fingerprint density at radius 2 is 1.25 bits per heavy atom. The Hall–Kier alpha value is -2.31. The fourth-order valence-electron chi connectivity index (χ4n) is 7.53. The van der Waals surface area contributed by atoms with Crippen LogP contribution in [0.5, 0.6) is 0 Å². The number of allylic oxidation sites excluding steroid dienone is 4. The molecule has 0 aromatic heterocycles. The number of halogens is 2. The summed E-state index contributed by atoms with van der Waals surface area (Å²) in [7, 11) is 0. The van der Waals surface area contributed by atoms with Crippen LogP contribution < -0.4 is 28.1 Å². The Morgan fingerprint density at radius 3 is 1.83 bits per heavy atom. The van der Waals surface area contributed by atoms with E-state index in [4.69, 9.17) is 0 Å². The van der Waals surface area contributed by atoms with E-state index in [0.29, 0.717) is 5.92 Å². The van der Waals surface area contributed by atoms with Crippen LogP contribution >= 0.6 is 0 Å². The van der Waals surface area contributed by atoms with Crippen molar-refractivity contribution in [3.8, 4) is 11.1 Å². The molecule has 250 valence electrons. The minimum absolute atomic E-state index is 0. The normalized spacial score (nSPS) is 15.8. The third kappa shape index (κ3) is 7.41. The first-order valence-electron chi connectivity index (χ1n) is 17.2. The second kappa shape index (κ2) is 14.1. The Bertz CT molecular complexity index is 1900. The Labute approximate surface area is 311 Å². The smallest absolute Gasteiger partial charge is 1.00 e. The molecule has 0 amide bonds. The van der Waals surface area contributed by atoms with Gasteiger partial charge in [0, 0.05) is 0 Å². The van der Waals surface area contributed by atoms with Gasteiger partial charge in [0.15, 0.2) is 0 Å². The van der Waals surface area contributed by atoms with Crippen molar-refractivity contribution in [1.82, 2.24) is 0 Å². The molecule has 4 aromatic carbocycles. The third-order valence-electron chi connectivity index (χ3n) is 10.2. The number of hydrogen-bond acceptors (Lipinski definition) is 0. The number of hydrogen-bond donors (Lipinski definition) is 0. The zero-order chi connectivity index (χ0) is 33.2. The van der Waals surface area contributed by atoms with Crippen molar-refractivity contribution < 1.29 is 46.1 Å². The topological polar surface area (TPSA) is 0 Å². The Balaban J connectivity index is 0.00000260. The number of rotatable bonds is 4. The molecule has 0 N–H and O–H groups in total. The Morgan fingerprint density at radius 1 is 0.667 bits per heavy atom. The summed E-state index contributed by atoms with van der Waals surface area (Å²) in [6.45, 7) is 26.1. The van der Waals surface area contributed by atoms with Gasteiger partial charge in [0.1, 0.15) is 0 Å². The van der Waals surface area contributed by atoms with Crippen molar-refractivity contribution in [3.63, 3.8) is 0 Å². The molecule has 0 bridgehead atoms. The minimum atomic E-state index is -2.71.